The van der Waals surface area contributed by atoms with Gasteiger partial charge in [0, 0.05) is 43.3 Å². The molecule has 0 aliphatic carbocycles. The van der Waals surface area contributed by atoms with E-state index in [2.05, 4.69) is 10.3 Å². The van der Waals surface area contributed by atoms with Crippen molar-refractivity contribution < 1.29 is 26.4 Å². The Morgan fingerprint density at radius 2 is 1.39 bits per heavy atom. The van der Waals surface area contributed by atoms with Crippen LogP contribution < -0.4 is 5.32 Å². The zero-order chi connectivity index (χ0) is 27.1. The lowest BCUT2D eigenvalue weighted by molar-refractivity contribution is -0.111. The highest BCUT2D eigenvalue weighted by Crippen LogP contribution is 2.24. The van der Waals surface area contributed by atoms with Crippen molar-refractivity contribution in [3.05, 3.63) is 131 Å². The molecule has 3 aromatic carbocycles. The Bertz CT molecular complexity index is 1520. The fourth-order valence-electron chi connectivity index (χ4n) is 3.61. The van der Waals surface area contributed by atoms with Crippen molar-refractivity contribution >= 4 is 27.7 Å². The second kappa shape index (κ2) is 11.8. The van der Waals surface area contributed by atoms with Crippen LogP contribution in [-0.4, -0.2) is 23.6 Å². The fourth-order valence-corrected chi connectivity index (χ4v) is 5.03. The lowest BCUT2D eigenvalue weighted by Gasteiger charge is -2.23. The number of hydrogen-bond donors (Lipinski definition) is 1. The van der Waals surface area contributed by atoms with Gasteiger partial charge in [-0.25, -0.2) is 21.6 Å². The van der Waals surface area contributed by atoms with E-state index in [1.165, 1.54) is 54.6 Å². The number of sulfonamides is 1. The summed E-state index contributed by atoms with van der Waals surface area (Å²) in [6, 6.07) is 17.0. The lowest BCUT2D eigenvalue weighted by atomic mass is 10.2. The monoisotopic (exact) mass is 537 g/mol. The van der Waals surface area contributed by atoms with Crippen LogP contribution in [0.1, 0.15) is 16.7 Å². The third-order valence-electron chi connectivity index (χ3n) is 5.45. The van der Waals surface area contributed by atoms with Crippen molar-refractivity contribution in [2.45, 2.75) is 18.0 Å². The molecular formula is C28H22F3N3O3S. The second-order valence-corrected chi connectivity index (χ2v) is 10.2. The van der Waals surface area contributed by atoms with Crippen LogP contribution >= 0.6 is 0 Å². The molecule has 194 valence electrons. The zero-order valence-electron chi connectivity index (χ0n) is 19.9. The number of nitrogens with one attached hydrogen (secondary N) is 1. The molecule has 0 saturated heterocycles. The van der Waals surface area contributed by atoms with Crippen molar-refractivity contribution in [1.82, 2.24) is 9.29 Å². The Kier molecular flexibility index (Phi) is 8.35. The van der Waals surface area contributed by atoms with Gasteiger partial charge in [-0.3, -0.25) is 9.78 Å². The standard InChI is InChI=1S/C28H22F3N3O3S/c29-23-4-1-21(2-5-23)18-34(19-22-15-24(30)17-25(31)16-22)38(36,37)27-8-6-26(7-9-27)33-28(35)10-3-20-11-13-32-14-12-20/h1-17H,18-19H2,(H,33,35)/b10-3+. The van der Waals surface area contributed by atoms with Crippen LogP contribution in [0.5, 0.6) is 0 Å². The van der Waals surface area contributed by atoms with Crippen molar-refractivity contribution in [2.24, 2.45) is 0 Å². The average Bonchev–Trinajstić information content (AvgIpc) is 2.89. The van der Waals surface area contributed by atoms with Crippen LogP contribution in [0.15, 0.2) is 102 Å². The predicted molar refractivity (Wildman–Crippen MR) is 138 cm³/mol. The number of amides is 1. The van der Waals surface area contributed by atoms with Crippen LogP contribution in [0.25, 0.3) is 6.08 Å². The highest BCUT2D eigenvalue weighted by molar-refractivity contribution is 7.89. The van der Waals surface area contributed by atoms with Crippen LogP contribution in [0, 0.1) is 17.5 Å². The first-order valence-corrected chi connectivity index (χ1v) is 12.8. The number of nitrogens with zero attached hydrogens (tertiary/aromatic N) is 2. The number of halogens is 3. The fraction of sp³-hybridized carbons (Fsp3) is 0.0714. The van der Waals surface area contributed by atoms with Crippen LogP contribution in [-0.2, 0) is 27.9 Å². The summed E-state index contributed by atoms with van der Waals surface area (Å²) in [4.78, 5) is 16.0. The second-order valence-electron chi connectivity index (χ2n) is 8.30. The summed E-state index contributed by atoms with van der Waals surface area (Å²) in [7, 11) is -4.16. The Labute approximate surface area is 218 Å². The first-order chi connectivity index (χ1) is 18.2. The van der Waals surface area contributed by atoms with Gasteiger partial charge in [-0.15, -0.1) is 0 Å². The molecule has 1 heterocycles. The number of rotatable bonds is 9. The van der Waals surface area contributed by atoms with Gasteiger partial charge in [0.2, 0.25) is 15.9 Å². The minimum Gasteiger partial charge on any atom is -0.323 e. The maximum Gasteiger partial charge on any atom is 0.248 e. The van der Waals surface area contributed by atoms with Gasteiger partial charge in [-0.2, -0.15) is 4.31 Å². The Hall–Kier alpha value is -4.28. The molecule has 0 aliphatic heterocycles. The number of benzene rings is 3. The first kappa shape index (κ1) is 26.8. The SMILES string of the molecule is O=C(/C=C/c1ccncc1)Nc1ccc(S(=O)(=O)N(Cc2ccc(F)cc2)Cc2cc(F)cc(F)c2)cc1. The maximum atomic E-state index is 13.8. The van der Waals surface area contributed by atoms with E-state index in [0.29, 0.717) is 17.3 Å². The van der Waals surface area contributed by atoms with Gasteiger partial charge in [0.15, 0.2) is 0 Å². The number of carbonyl (C=O) groups excluding carboxylic acids is 1. The van der Waals surface area contributed by atoms with E-state index >= 15 is 0 Å². The molecule has 6 nitrogen and oxygen atoms in total. The van der Waals surface area contributed by atoms with Gasteiger partial charge >= 0.3 is 0 Å². The topological polar surface area (TPSA) is 79.4 Å². The molecule has 1 aromatic heterocycles. The largest absolute Gasteiger partial charge is 0.323 e. The summed E-state index contributed by atoms with van der Waals surface area (Å²) in [6.07, 6.45) is 6.14. The molecule has 4 rings (SSSR count). The molecule has 1 N–H and O–H groups in total. The Morgan fingerprint density at radius 3 is 2.03 bits per heavy atom. The van der Waals surface area contributed by atoms with E-state index in [1.807, 2.05) is 0 Å². The van der Waals surface area contributed by atoms with Gasteiger partial charge in [0.25, 0.3) is 0 Å². The van der Waals surface area contributed by atoms with Gasteiger partial charge in [-0.05, 0) is 83.4 Å². The smallest absolute Gasteiger partial charge is 0.248 e. The van der Waals surface area contributed by atoms with E-state index in [0.717, 1.165) is 22.0 Å². The minimum atomic E-state index is -4.16. The Balaban J connectivity index is 1.55. The zero-order valence-corrected chi connectivity index (χ0v) is 20.7. The van der Waals surface area contributed by atoms with E-state index < -0.39 is 33.4 Å². The predicted octanol–water partition coefficient (Wildman–Crippen LogP) is 5.54. The highest BCUT2D eigenvalue weighted by atomic mass is 32.2. The van der Waals surface area contributed by atoms with Crippen molar-refractivity contribution in [1.29, 1.82) is 0 Å². The van der Waals surface area contributed by atoms with E-state index in [4.69, 9.17) is 0 Å². The molecule has 0 saturated carbocycles. The molecule has 0 aliphatic rings. The van der Waals surface area contributed by atoms with Crippen LogP contribution in [0.3, 0.4) is 0 Å². The summed E-state index contributed by atoms with van der Waals surface area (Å²) in [5, 5.41) is 2.65. The van der Waals surface area contributed by atoms with E-state index in [-0.39, 0.29) is 23.5 Å². The quantitative estimate of drug-likeness (QED) is 0.284. The number of pyridine rings is 1. The molecule has 0 spiro atoms. The van der Waals surface area contributed by atoms with E-state index in [9.17, 15) is 26.4 Å². The maximum absolute atomic E-state index is 13.8. The van der Waals surface area contributed by atoms with Gasteiger partial charge in [-0.1, -0.05) is 12.1 Å². The molecule has 4 aromatic rings. The summed E-state index contributed by atoms with van der Waals surface area (Å²) in [5.41, 5.74) is 1.75. The molecule has 38 heavy (non-hydrogen) atoms. The van der Waals surface area contributed by atoms with Gasteiger partial charge < -0.3 is 5.32 Å². The summed E-state index contributed by atoms with van der Waals surface area (Å²) >= 11 is 0. The molecule has 10 heteroatoms. The molecule has 0 radical (unpaired) electrons. The Morgan fingerprint density at radius 1 is 0.789 bits per heavy atom. The molecule has 0 bridgehead atoms. The van der Waals surface area contributed by atoms with Crippen molar-refractivity contribution in [3.8, 4) is 0 Å². The lowest BCUT2D eigenvalue weighted by Crippen LogP contribution is -2.30. The van der Waals surface area contributed by atoms with Crippen LogP contribution in [0.2, 0.25) is 0 Å². The van der Waals surface area contributed by atoms with Crippen molar-refractivity contribution in [2.75, 3.05) is 5.32 Å². The molecule has 0 atom stereocenters. The summed E-state index contributed by atoms with van der Waals surface area (Å²) < 4.78 is 69.0. The normalized spacial score (nSPS) is 11.7. The number of aromatic nitrogens is 1. The number of anilines is 1. The first-order valence-electron chi connectivity index (χ1n) is 11.4. The van der Waals surface area contributed by atoms with Gasteiger partial charge in [0.05, 0.1) is 4.90 Å². The average molecular weight is 538 g/mol. The summed E-state index contributed by atoms with van der Waals surface area (Å²) in [6.45, 7) is -0.494. The van der Waals surface area contributed by atoms with Gasteiger partial charge in [0.1, 0.15) is 17.5 Å². The molecule has 0 unspecified atom stereocenters. The third kappa shape index (κ3) is 7.15. The molecule has 1 amide bonds. The number of hydrogen-bond acceptors (Lipinski definition) is 4. The summed E-state index contributed by atoms with van der Waals surface area (Å²) in [5.74, 6) is -2.57. The molecular weight excluding hydrogens is 515 g/mol. The highest BCUT2D eigenvalue weighted by Gasteiger charge is 2.25. The third-order valence-corrected chi connectivity index (χ3v) is 7.25. The molecule has 0 fully saturated rings. The number of carbonyl (C=O) groups is 1. The van der Waals surface area contributed by atoms with Crippen molar-refractivity contribution in [3.63, 3.8) is 0 Å². The minimum absolute atomic E-state index is 0.0955. The van der Waals surface area contributed by atoms with E-state index in [1.54, 1.807) is 30.6 Å². The van der Waals surface area contributed by atoms with Crippen LogP contribution in [0.4, 0.5) is 18.9 Å².